The Morgan fingerprint density at radius 1 is 1.12 bits per heavy atom. The summed E-state index contributed by atoms with van der Waals surface area (Å²) in [5.74, 6) is -0.441. The fourth-order valence-corrected chi connectivity index (χ4v) is 3.39. The van der Waals surface area contributed by atoms with Gasteiger partial charge in [-0.05, 0) is 36.4 Å². The van der Waals surface area contributed by atoms with Gasteiger partial charge in [-0.1, -0.05) is 17.7 Å². The van der Waals surface area contributed by atoms with Crippen LogP contribution in [0.4, 0.5) is 18.9 Å². The number of alkyl halides is 3. The Bertz CT molecular complexity index is 1370. The van der Waals surface area contributed by atoms with Crippen molar-refractivity contribution in [2.75, 3.05) is 11.9 Å². The molecule has 2 aromatic carbocycles. The van der Waals surface area contributed by atoms with Crippen LogP contribution in [0, 0.1) is 11.3 Å². The Hall–Kier alpha value is -3.90. The molecule has 10 heteroatoms. The summed E-state index contributed by atoms with van der Waals surface area (Å²) >= 11 is 5.72. The van der Waals surface area contributed by atoms with Crippen LogP contribution >= 0.6 is 11.6 Å². The molecule has 0 unspecified atom stereocenters. The molecule has 0 aliphatic carbocycles. The summed E-state index contributed by atoms with van der Waals surface area (Å²) in [6.45, 7) is 0. The van der Waals surface area contributed by atoms with Gasteiger partial charge in [0, 0.05) is 24.5 Å². The smallest absolute Gasteiger partial charge is 0.310 e. The van der Waals surface area contributed by atoms with E-state index in [2.05, 4.69) is 9.97 Å². The number of amides is 1. The van der Waals surface area contributed by atoms with Crippen molar-refractivity contribution in [1.82, 2.24) is 14.4 Å². The minimum absolute atomic E-state index is 0.0635. The van der Waals surface area contributed by atoms with E-state index in [4.69, 9.17) is 16.9 Å². The highest BCUT2D eigenvalue weighted by atomic mass is 35.5. The Morgan fingerprint density at radius 2 is 1.84 bits per heavy atom. The first-order valence-electron chi connectivity index (χ1n) is 9.17. The zero-order chi connectivity index (χ0) is 23.0. The third kappa shape index (κ3) is 3.88. The molecule has 0 saturated heterocycles. The van der Waals surface area contributed by atoms with E-state index >= 15 is 0 Å². The summed E-state index contributed by atoms with van der Waals surface area (Å²) in [7, 11) is 1.55. The van der Waals surface area contributed by atoms with Gasteiger partial charge < -0.3 is 4.90 Å². The lowest BCUT2D eigenvalue weighted by Crippen LogP contribution is -2.27. The average molecular weight is 456 g/mol. The summed E-state index contributed by atoms with van der Waals surface area (Å²) in [6.07, 6.45) is -0.426. The molecule has 160 valence electrons. The molecule has 6 nitrogen and oxygen atoms in total. The largest absolute Gasteiger partial charge is 0.417 e. The minimum Gasteiger partial charge on any atom is -0.310 e. The predicted molar refractivity (Wildman–Crippen MR) is 112 cm³/mol. The maximum Gasteiger partial charge on any atom is 0.417 e. The van der Waals surface area contributed by atoms with Gasteiger partial charge in [0.1, 0.15) is 5.69 Å². The van der Waals surface area contributed by atoms with E-state index in [1.165, 1.54) is 40.0 Å². The number of imidazole rings is 1. The lowest BCUT2D eigenvalue weighted by atomic mass is 10.1. The van der Waals surface area contributed by atoms with Gasteiger partial charge in [-0.15, -0.1) is 0 Å². The number of carbonyl (C=O) groups is 1. The average Bonchev–Trinajstić information content (AvgIpc) is 3.21. The molecule has 0 atom stereocenters. The van der Waals surface area contributed by atoms with Crippen LogP contribution < -0.4 is 4.90 Å². The molecule has 0 spiro atoms. The van der Waals surface area contributed by atoms with Crippen LogP contribution in [0.25, 0.3) is 16.9 Å². The number of hydrogen-bond donors (Lipinski definition) is 0. The fourth-order valence-electron chi connectivity index (χ4n) is 3.16. The molecule has 0 N–H and O–H groups in total. The second-order valence-corrected chi connectivity index (χ2v) is 7.27. The van der Waals surface area contributed by atoms with E-state index in [9.17, 15) is 18.0 Å². The van der Waals surface area contributed by atoms with Crippen LogP contribution in [-0.2, 0) is 6.18 Å². The predicted octanol–water partition coefficient (Wildman–Crippen LogP) is 5.22. The van der Waals surface area contributed by atoms with Gasteiger partial charge in [-0.2, -0.15) is 18.4 Å². The molecule has 2 aromatic heterocycles. The number of nitrogens with zero attached hydrogens (tertiary/aromatic N) is 5. The molecule has 0 saturated carbocycles. The summed E-state index contributed by atoms with van der Waals surface area (Å²) in [5, 5.41) is 8.51. The van der Waals surface area contributed by atoms with Gasteiger partial charge >= 0.3 is 6.18 Å². The van der Waals surface area contributed by atoms with Crippen LogP contribution in [0.2, 0.25) is 5.02 Å². The highest BCUT2D eigenvalue weighted by Crippen LogP contribution is 2.37. The molecule has 4 aromatic rings. The second kappa shape index (κ2) is 7.98. The molecule has 1 amide bonds. The van der Waals surface area contributed by atoms with Crippen molar-refractivity contribution in [1.29, 1.82) is 5.26 Å². The monoisotopic (exact) mass is 455 g/mol. The van der Waals surface area contributed by atoms with E-state index in [1.807, 2.05) is 6.07 Å². The molecule has 0 radical (unpaired) electrons. The number of hydrogen-bond acceptors (Lipinski definition) is 4. The first kappa shape index (κ1) is 21.3. The number of halogens is 4. The Morgan fingerprint density at radius 3 is 2.50 bits per heavy atom. The molecule has 0 fully saturated rings. The van der Waals surface area contributed by atoms with E-state index in [0.717, 1.165) is 6.07 Å². The summed E-state index contributed by atoms with van der Waals surface area (Å²) in [4.78, 5) is 22.6. The Labute approximate surface area is 185 Å². The van der Waals surface area contributed by atoms with Crippen molar-refractivity contribution in [2.45, 2.75) is 6.18 Å². The number of fused-ring (bicyclic) bond motifs is 1. The quantitative estimate of drug-likeness (QED) is 0.424. The molecule has 32 heavy (non-hydrogen) atoms. The van der Waals surface area contributed by atoms with E-state index in [1.54, 1.807) is 31.3 Å². The lowest BCUT2D eigenvalue weighted by Gasteiger charge is -2.17. The molecular weight excluding hydrogens is 443 g/mol. The Kier molecular flexibility index (Phi) is 5.32. The Balaban J connectivity index is 1.73. The number of rotatable bonds is 3. The topological polar surface area (TPSA) is 74.3 Å². The van der Waals surface area contributed by atoms with Gasteiger partial charge in [0.2, 0.25) is 0 Å². The molecular formula is C22H13ClF3N5O. The minimum atomic E-state index is -4.61. The first-order valence-corrected chi connectivity index (χ1v) is 9.55. The molecule has 0 aliphatic rings. The first-order chi connectivity index (χ1) is 15.2. The lowest BCUT2D eigenvalue weighted by molar-refractivity contribution is -0.137. The fraction of sp³-hybridized carbons (Fsp3) is 0.0909. The third-order valence-electron chi connectivity index (χ3n) is 4.87. The normalized spacial score (nSPS) is 11.4. The van der Waals surface area contributed by atoms with Crippen LogP contribution in [0.15, 0.2) is 61.1 Å². The van der Waals surface area contributed by atoms with Crippen LogP contribution in [0.3, 0.4) is 0 Å². The highest BCUT2D eigenvalue weighted by molar-refractivity contribution is 6.31. The van der Waals surface area contributed by atoms with Gasteiger partial charge in [0.25, 0.3) is 5.91 Å². The number of anilines is 1. The molecule has 4 rings (SSSR count). The summed E-state index contributed by atoms with van der Waals surface area (Å²) in [6, 6.07) is 12.0. The van der Waals surface area contributed by atoms with Crippen molar-refractivity contribution >= 4 is 28.8 Å². The van der Waals surface area contributed by atoms with Crippen molar-refractivity contribution in [3.63, 3.8) is 0 Å². The van der Waals surface area contributed by atoms with Crippen LogP contribution in [0.5, 0.6) is 0 Å². The SMILES string of the molecule is CN(C(=O)c1cn2c(-c3ccc(Cl)c(C(F)(F)F)c3)cnc2cn1)c1ccc(C#N)cc1. The van der Waals surface area contributed by atoms with Crippen LogP contribution in [0.1, 0.15) is 21.6 Å². The zero-order valence-electron chi connectivity index (χ0n) is 16.4. The maximum absolute atomic E-state index is 13.3. The third-order valence-corrected chi connectivity index (χ3v) is 5.20. The van der Waals surface area contributed by atoms with Gasteiger partial charge in [-0.3, -0.25) is 9.20 Å². The van der Waals surface area contributed by atoms with Crippen molar-refractivity contribution < 1.29 is 18.0 Å². The molecule has 0 bridgehead atoms. The van der Waals surface area contributed by atoms with E-state index in [0.29, 0.717) is 22.6 Å². The summed E-state index contributed by atoms with van der Waals surface area (Å²) in [5.41, 5.74) is 1.05. The maximum atomic E-state index is 13.3. The number of aromatic nitrogens is 3. The zero-order valence-corrected chi connectivity index (χ0v) is 17.2. The van der Waals surface area contributed by atoms with Crippen LogP contribution in [-0.4, -0.2) is 27.3 Å². The molecule has 0 aliphatic heterocycles. The van der Waals surface area contributed by atoms with Crippen molar-refractivity contribution in [3.05, 3.63) is 82.9 Å². The van der Waals surface area contributed by atoms with Gasteiger partial charge in [-0.25, -0.2) is 9.97 Å². The van der Waals surface area contributed by atoms with Gasteiger partial charge in [0.05, 0.1) is 40.3 Å². The van der Waals surface area contributed by atoms with Gasteiger partial charge in [0.15, 0.2) is 5.65 Å². The van der Waals surface area contributed by atoms with E-state index in [-0.39, 0.29) is 11.3 Å². The summed E-state index contributed by atoms with van der Waals surface area (Å²) < 4.78 is 41.3. The molecule has 2 heterocycles. The number of benzene rings is 2. The second-order valence-electron chi connectivity index (χ2n) is 6.86. The van der Waals surface area contributed by atoms with E-state index < -0.39 is 22.7 Å². The van der Waals surface area contributed by atoms with Crippen molar-refractivity contribution in [3.8, 4) is 17.3 Å². The highest BCUT2D eigenvalue weighted by Gasteiger charge is 2.33. The standard InChI is InChI=1S/C22H13ClF3N5O/c1-30(15-5-2-13(9-27)3-6-15)21(32)18-12-31-19(10-29-20(31)11-28-18)14-4-7-17(23)16(8-14)22(24,25)26/h2-8,10-12H,1H3. The number of nitriles is 1. The van der Waals surface area contributed by atoms with Crippen molar-refractivity contribution in [2.24, 2.45) is 0 Å². The number of carbonyl (C=O) groups excluding carboxylic acids is 1.